The van der Waals surface area contributed by atoms with Crippen LogP contribution in [0.1, 0.15) is 5.56 Å². The first-order chi connectivity index (χ1) is 8.49. The van der Waals surface area contributed by atoms with E-state index in [4.69, 9.17) is 5.73 Å². The number of nitrogens with one attached hydrogen (secondary N) is 1. The van der Waals surface area contributed by atoms with E-state index in [-0.39, 0.29) is 10.2 Å². The summed E-state index contributed by atoms with van der Waals surface area (Å²) in [7, 11) is 0. The van der Waals surface area contributed by atoms with Crippen molar-refractivity contribution >= 4 is 33.0 Å². The van der Waals surface area contributed by atoms with E-state index in [0.29, 0.717) is 11.4 Å². The third-order valence-corrected chi connectivity index (χ3v) is 3.18. The van der Waals surface area contributed by atoms with Gasteiger partial charge in [-0.05, 0) is 40.5 Å². The molecule has 0 radical (unpaired) electrons. The van der Waals surface area contributed by atoms with Crippen molar-refractivity contribution in [3.63, 3.8) is 0 Å². The summed E-state index contributed by atoms with van der Waals surface area (Å²) in [5, 5.41) is 2.88. The van der Waals surface area contributed by atoms with Crippen LogP contribution in [0.2, 0.25) is 0 Å². The molecule has 0 aliphatic heterocycles. The van der Waals surface area contributed by atoms with E-state index in [0.717, 1.165) is 11.6 Å². The first-order valence-corrected chi connectivity index (χ1v) is 6.05. The molecule has 0 spiro atoms. The van der Waals surface area contributed by atoms with Crippen molar-refractivity contribution < 1.29 is 8.78 Å². The first kappa shape index (κ1) is 12.8. The number of aryl methyl sites for hydroxylation is 1. The Balaban J connectivity index is 2.43. The van der Waals surface area contributed by atoms with Crippen LogP contribution in [0, 0.1) is 18.6 Å². The molecule has 0 bridgehead atoms. The molecule has 0 aliphatic rings. The molecule has 0 heterocycles. The van der Waals surface area contributed by atoms with Gasteiger partial charge in [0.2, 0.25) is 0 Å². The van der Waals surface area contributed by atoms with Gasteiger partial charge in [0.1, 0.15) is 11.6 Å². The van der Waals surface area contributed by atoms with Gasteiger partial charge in [-0.1, -0.05) is 12.1 Å². The standard InChI is InChI=1S/C13H11BrF2N2/c1-7-3-2-4-11(17)13(7)18-12-5-8(14)9(15)6-10(12)16/h2-6,18H,17H2,1H3. The fourth-order valence-electron chi connectivity index (χ4n) is 1.61. The number of para-hydroxylation sites is 1. The van der Waals surface area contributed by atoms with Gasteiger partial charge >= 0.3 is 0 Å². The van der Waals surface area contributed by atoms with E-state index >= 15 is 0 Å². The molecule has 3 N–H and O–H groups in total. The number of nitrogen functional groups attached to an aromatic ring is 1. The Kier molecular flexibility index (Phi) is 3.52. The summed E-state index contributed by atoms with van der Waals surface area (Å²) in [4.78, 5) is 0. The zero-order valence-corrected chi connectivity index (χ0v) is 11.2. The minimum absolute atomic E-state index is 0.171. The lowest BCUT2D eigenvalue weighted by Gasteiger charge is -2.13. The summed E-state index contributed by atoms with van der Waals surface area (Å²) < 4.78 is 26.9. The number of hydrogen-bond donors (Lipinski definition) is 2. The topological polar surface area (TPSA) is 38.0 Å². The lowest BCUT2D eigenvalue weighted by atomic mass is 10.1. The van der Waals surface area contributed by atoms with Gasteiger partial charge in [-0.25, -0.2) is 8.78 Å². The average molecular weight is 313 g/mol. The quantitative estimate of drug-likeness (QED) is 0.638. The van der Waals surface area contributed by atoms with E-state index in [1.807, 2.05) is 19.1 Å². The van der Waals surface area contributed by atoms with Gasteiger partial charge in [0.05, 0.1) is 21.5 Å². The van der Waals surface area contributed by atoms with Crippen molar-refractivity contribution in [1.82, 2.24) is 0 Å². The Labute approximate surface area is 112 Å². The summed E-state index contributed by atoms with van der Waals surface area (Å²) in [6, 6.07) is 7.55. The number of halogens is 3. The molecule has 18 heavy (non-hydrogen) atoms. The molecule has 0 atom stereocenters. The summed E-state index contributed by atoms with van der Waals surface area (Å²) in [6.07, 6.45) is 0. The highest BCUT2D eigenvalue weighted by Gasteiger charge is 2.10. The van der Waals surface area contributed by atoms with Crippen LogP contribution in [0.3, 0.4) is 0 Å². The third-order valence-electron chi connectivity index (χ3n) is 2.57. The average Bonchev–Trinajstić information content (AvgIpc) is 2.30. The SMILES string of the molecule is Cc1cccc(N)c1Nc1cc(Br)c(F)cc1F. The minimum Gasteiger partial charge on any atom is -0.397 e. The van der Waals surface area contributed by atoms with Crippen molar-refractivity contribution in [2.75, 3.05) is 11.1 Å². The molecule has 94 valence electrons. The molecule has 0 saturated heterocycles. The Bertz CT molecular complexity index is 580. The number of benzene rings is 2. The van der Waals surface area contributed by atoms with E-state index in [1.165, 1.54) is 6.07 Å². The van der Waals surface area contributed by atoms with Crippen LogP contribution in [-0.4, -0.2) is 0 Å². The first-order valence-electron chi connectivity index (χ1n) is 5.25. The Morgan fingerprint density at radius 3 is 2.56 bits per heavy atom. The maximum absolute atomic E-state index is 13.6. The Hall–Kier alpha value is -1.62. The fourth-order valence-corrected chi connectivity index (χ4v) is 1.96. The van der Waals surface area contributed by atoms with E-state index in [2.05, 4.69) is 21.2 Å². The van der Waals surface area contributed by atoms with Crippen molar-refractivity contribution in [2.45, 2.75) is 6.92 Å². The second-order valence-corrected chi connectivity index (χ2v) is 4.76. The number of anilines is 3. The molecule has 2 nitrogen and oxygen atoms in total. The normalized spacial score (nSPS) is 10.4. The molecular formula is C13H11BrF2N2. The van der Waals surface area contributed by atoms with Crippen LogP contribution >= 0.6 is 15.9 Å². The highest BCUT2D eigenvalue weighted by Crippen LogP contribution is 2.30. The molecule has 2 rings (SSSR count). The summed E-state index contributed by atoms with van der Waals surface area (Å²) in [5.41, 5.74) is 8.00. The van der Waals surface area contributed by atoms with Crippen LogP contribution in [-0.2, 0) is 0 Å². The zero-order chi connectivity index (χ0) is 13.3. The molecule has 0 aromatic heterocycles. The predicted octanol–water partition coefficient (Wildman–Crippen LogP) is 4.36. The highest BCUT2D eigenvalue weighted by atomic mass is 79.9. The van der Waals surface area contributed by atoms with E-state index in [9.17, 15) is 8.78 Å². The fraction of sp³-hybridized carbons (Fsp3) is 0.0769. The lowest BCUT2D eigenvalue weighted by Crippen LogP contribution is -2.01. The van der Waals surface area contributed by atoms with Gasteiger partial charge in [0.15, 0.2) is 0 Å². The van der Waals surface area contributed by atoms with Crippen molar-refractivity contribution in [1.29, 1.82) is 0 Å². The Morgan fingerprint density at radius 1 is 1.17 bits per heavy atom. The van der Waals surface area contributed by atoms with Crippen LogP contribution in [0.15, 0.2) is 34.8 Å². The van der Waals surface area contributed by atoms with Gasteiger partial charge in [-0.3, -0.25) is 0 Å². The number of nitrogens with two attached hydrogens (primary N) is 1. The van der Waals surface area contributed by atoms with E-state index in [1.54, 1.807) is 6.07 Å². The molecule has 2 aromatic rings. The van der Waals surface area contributed by atoms with Crippen LogP contribution in [0.5, 0.6) is 0 Å². The maximum Gasteiger partial charge on any atom is 0.149 e. The van der Waals surface area contributed by atoms with Gasteiger partial charge in [0.25, 0.3) is 0 Å². The highest BCUT2D eigenvalue weighted by molar-refractivity contribution is 9.10. The minimum atomic E-state index is -0.668. The van der Waals surface area contributed by atoms with E-state index < -0.39 is 11.6 Å². The van der Waals surface area contributed by atoms with Crippen molar-refractivity contribution in [3.05, 3.63) is 52.0 Å². The predicted molar refractivity (Wildman–Crippen MR) is 72.9 cm³/mol. The summed E-state index contributed by atoms with van der Waals surface area (Å²) in [6.45, 7) is 1.86. The van der Waals surface area contributed by atoms with Gasteiger partial charge < -0.3 is 11.1 Å². The van der Waals surface area contributed by atoms with Crippen LogP contribution < -0.4 is 11.1 Å². The van der Waals surface area contributed by atoms with Crippen molar-refractivity contribution in [2.24, 2.45) is 0 Å². The number of rotatable bonds is 2. The second-order valence-electron chi connectivity index (χ2n) is 3.91. The molecule has 0 saturated carbocycles. The molecule has 0 unspecified atom stereocenters. The maximum atomic E-state index is 13.6. The van der Waals surface area contributed by atoms with Gasteiger partial charge in [0, 0.05) is 6.07 Å². The lowest BCUT2D eigenvalue weighted by molar-refractivity contribution is 0.581. The molecule has 0 amide bonds. The monoisotopic (exact) mass is 312 g/mol. The molecule has 5 heteroatoms. The molecule has 0 aliphatic carbocycles. The van der Waals surface area contributed by atoms with Crippen molar-refractivity contribution in [3.8, 4) is 0 Å². The van der Waals surface area contributed by atoms with Gasteiger partial charge in [-0.2, -0.15) is 0 Å². The molecular weight excluding hydrogens is 302 g/mol. The van der Waals surface area contributed by atoms with Crippen LogP contribution in [0.4, 0.5) is 25.8 Å². The second kappa shape index (κ2) is 4.94. The number of hydrogen-bond acceptors (Lipinski definition) is 2. The Morgan fingerprint density at radius 2 is 1.89 bits per heavy atom. The smallest absolute Gasteiger partial charge is 0.149 e. The zero-order valence-electron chi connectivity index (χ0n) is 9.60. The summed E-state index contributed by atoms with van der Waals surface area (Å²) >= 11 is 3.02. The largest absolute Gasteiger partial charge is 0.397 e. The third kappa shape index (κ3) is 2.46. The molecule has 2 aromatic carbocycles. The van der Waals surface area contributed by atoms with Gasteiger partial charge in [-0.15, -0.1) is 0 Å². The van der Waals surface area contributed by atoms with Crippen LogP contribution in [0.25, 0.3) is 0 Å². The summed E-state index contributed by atoms with van der Waals surface area (Å²) in [5.74, 6) is -1.31. The molecule has 0 fully saturated rings.